The molecule has 1 amide bonds. The lowest BCUT2D eigenvalue weighted by atomic mass is 9.95. The molecule has 1 N–H and O–H groups in total. The number of carbonyl (C=O) groups excluding carboxylic acids is 1. The highest BCUT2D eigenvalue weighted by atomic mass is 35.5. The Kier molecular flexibility index (Phi) is 5.91. The Bertz CT molecular complexity index is 425. The van der Waals surface area contributed by atoms with Crippen molar-refractivity contribution in [2.75, 3.05) is 25.5 Å². The number of hydrogen-bond acceptors (Lipinski definition) is 4. The number of carbonyl (C=O) groups is 1. The largest absolute Gasteiger partial charge is 0.411 e. The number of oxime groups is 1. The molecule has 0 aromatic heterocycles. The lowest BCUT2D eigenvalue weighted by molar-refractivity contribution is -0.135. The second-order valence-electron chi connectivity index (χ2n) is 5.61. The predicted molar refractivity (Wildman–Crippen MR) is 83.8 cm³/mol. The number of unbranched alkanes of at least 4 members (excludes halogenated alkanes) is 1. The van der Waals surface area contributed by atoms with Crippen LogP contribution < -0.4 is 0 Å². The van der Waals surface area contributed by atoms with E-state index in [0.29, 0.717) is 24.6 Å². The molecular formula is C15H24ClN3O2. The van der Waals surface area contributed by atoms with E-state index in [1.165, 1.54) is 0 Å². The first-order valence-electron chi connectivity index (χ1n) is 7.72. The standard InChI is InChI=1S/C15H24ClN3O2/c1-2-8-19-11-6-13(17-21)12-5-10-18(9-4-3-7-16)14(12)15(19)20/h5,10,12,14,21H,2-4,6-9,11H2,1H3/b17-13-. The van der Waals surface area contributed by atoms with E-state index in [4.69, 9.17) is 11.6 Å². The van der Waals surface area contributed by atoms with Crippen molar-refractivity contribution in [2.45, 2.75) is 38.6 Å². The van der Waals surface area contributed by atoms with Crippen molar-refractivity contribution >= 4 is 23.2 Å². The molecule has 0 radical (unpaired) electrons. The van der Waals surface area contributed by atoms with E-state index in [2.05, 4.69) is 17.0 Å². The van der Waals surface area contributed by atoms with Crippen molar-refractivity contribution in [2.24, 2.45) is 11.1 Å². The zero-order valence-electron chi connectivity index (χ0n) is 12.5. The van der Waals surface area contributed by atoms with Gasteiger partial charge in [0.1, 0.15) is 6.04 Å². The number of likely N-dealkylation sites (tertiary alicyclic amines) is 1. The van der Waals surface area contributed by atoms with Gasteiger partial charge in [-0.3, -0.25) is 4.79 Å². The highest BCUT2D eigenvalue weighted by Gasteiger charge is 2.42. The number of nitrogens with zero attached hydrogens (tertiary/aromatic N) is 3. The third-order valence-corrected chi connectivity index (χ3v) is 4.46. The summed E-state index contributed by atoms with van der Waals surface area (Å²) in [7, 11) is 0. The molecule has 2 aliphatic rings. The van der Waals surface area contributed by atoms with Gasteiger partial charge in [-0.2, -0.15) is 0 Å². The van der Waals surface area contributed by atoms with E-state index >= 15 is 0 Å². The fraction of sp³-hybridized carbons (Fsp3) is 0.733. The van der Waals surface area contributed by atoms with Crippen LogP contribution in [0, 0.1) is 5.92 Å². The topological polar surface area (TPSA) is 56.1 Å². The Labute approximate surface area is 131 Å². The summed E-state index contributed by atoms with van der Waals surface area (Å²) in [5, 5.41) is 12.7. The SMILES string of the molecule is CCCN1CC/C(=N/O)C2C=CN(CCCCCl)C2C1=O. The predicted octanol–water partition coefficient (Wildman–Crippen LogP) is 2.29. The molecular weight excluding hydrogens is 290 g/mol. The normalized spacial score (nSPS) is 27.3. The zero-order chi connectivity index (χ0) is 15.2. The van der Waals surface area contributed by atoms with Crippen LogP contribution >= 0.6 is 11.6 Å². The molecule has 1 saturated heterocycles. The first kappa shape index (κ1) is 16.1. The molecule has 2 rings (SSSR count). The summed E-state index contributed by atoms with van der Waals surface area (Å²) >= 11 is 5.73. The summed E-state index contributed by atoms with van der Waals surface area (Å²) in [5.74, 6) is 0.696. The van der Waals surface area contributed by atoms with Gasteiger partial charge in [-0.1, -0.05) is 18.2 Å². The van der Waals surface area contributed by atoms with Gasteiger partial charge < -0.3 is 15.0 Å². The van der Waals surface area contributed by atoms with Crippen LogP contribution in [0.25, 0.3) is 0 Å². The summed E-state index contributed by atoms with van der Waals surface area (Å²) in [6, 6.07) is -0.250. The van der Waals surface area contributed by atoms with Crippen LogP contribution in [0.15, 0.2) is 17.4 Å². The zero-order valence-corrected chi connectivity index (χ0v) is 13.3. The fourth-order valence-electron chi connectivity index (χ4n) is 3.12. The Morgan fingerprint density at radius 3 is 2.90 bits per heavy atom. The average Bonchev–Trinajstić information content (AvgIpc) is 2.84. The van der Waals surface area contributed by atoms with Gasteiger partial charge in [0.15, 0.2) is 0 Å². The van der Waals surface area contributed by atoms with Gasteiger partial charge >= 0.3 is 0 Å². The van der Waals surface area contributed by atoms with Gasteiger partial charge in [-0.25, -0.2) is 0 Å². The van der Waals surface area contributed by atoms with Crippen molar-refractivity contribution in [1.29, 1.82) is 0 Å². The maximum Gasteiger partial charge on any atom is 0.246 e. The number of alkyl halides is 1. The second kappa shape index (κ2) is 7.69. The van der Waals surface area contributed by atoms with E-state index in [0.717, 1.165) is 32.4 Å². The fourth-order valence-corrected chi connectivity index (χ4v) is 3.31. The van der Waals surface area contributed by atoms with Gasteiger partial charge in [-0.05, 0) is 25.5 Å². The van der Waals surface area contributed by atoms with Crippen molar-refractivity contribution in [1.82, 2.24) is 9.80 Å². The van der Waals surface area contributed by atoms with E-state index in [1.807, 2.05) is 17.2 Å². The molecule has 2 aliphatic heterocycles. The molecule has 1 fully saturated rings. The lowest BCUT2D eigenvalue weighted by Gasteiger charge is -2.30. The van der Waals surface area contributed by atoms with Crippen LogP contribution in [0.1, 0.15) is 32.6 Å². The van der Waals surface area contributed by atoms with E-state index in [-0.39, 0.29) is 17.9 Å². The maximum absolute atomic E-state index is 12.8. The molecule has 21 heavy (non-hydrogen) atoms. The van der Waals surface area contributed by atoms with Crippen LogP contribution in [0.3, 0.4) is 0 Å². The number of hydrogen-bond donors (Lipinski definition) is 1. The summed E-state index contributed by atoms with van der Waals surface area (Å²) in [6.45, 7) is 4.29. The third-order valence-electron chi connectivity index (χ3n) is 4.19. The number of halogens is 1. The smallest absolute Gasteiger partial charge is 0.246 e. The monoisotopic (exact) mass is 313 g/mol. The Morgan fingerprint density at radius 2 is 2.24 bits per heavy atom. The van der Waals surface area contributed by atoms with Gasteiger partial charge in [0, 0.05) is 37.9 Å². The molecule has 0 aromatic carbocycles. The minimum atomic E-state index is -0.250. The summed E-state index contributed by atoms with van der Waals surface area (Å²) in [6.07, 6.45) is 7.45. The minimum absolute atomic E-state index is 0.0969. The van der Waals surface area contributed by atoms with Gasteiger partial charge in [-0.15, -0.1) is 11.6 Å². The first-order valence-corrected chi connectivity index (χ1v) is 8.26. The van der Waals surface area contributed by atoms with Crippen molar-refractivity contribution in [3.05, 3.63) is 12.3 Å². The average molecular weight is 314 g/mol. The van der Waals surface area contributed by atoms with Crippen LogP contribution in [0.4, 0.5) is 0 Å². The lowest BCUT2D eigenvalue weighted by Crippen LogP contribution is -2.47. The summed E-state index contributed by atoms with van der Waals surface area (Å²) in [4.78, 5) is 16.8. The molecule has 0 spiro atoms. The van der Waals surface area contributed by atoms with Crippen molar-refractivity contribution in [3.63, 3.8) is 0 Å². The summed E-state index contributed by atoms with van der Waals surface area (Å²) in [5.41, 5.74) is 0.711. The minimum Gasteiger partial charge on any atom is -0.411 e. The van der Waals surface area contributed by atoms with Crippen LogP contribution in [-0.4, -0.2) is 58.2 Å². The molecule has 0 aromatic rings. The van der Waals surface area contributed by atoms with Crippen molar-refractivity contribution < 1.29 is 10.0 Å². The molecule has 0 saturated carbocycles. The van der Waals surface area contributed by atoms with Crippen LogP contribution in [0.2, 0.25) is 0 Å². The molecule has 2 heterocycles. The maximum atomic E-state index is 12.8. The van der Waals surface area contributed by atoms with E-state index < -0.39 is 0 Å². The quantitative estimate of drug-likeness (QED) is 0.354. The molecule has 5 nitrogen and oxygen atoms in total. The molecule has 0 aliphatic carbocycles. The Hall–Kier alpha value is -1.23. The Balaban J connectivity index is 2.15. The second-order valence-corrected chi connectivity index (χ2v) is 5.99. The Morgan fingerprint density at radius 1 is 1.43 bits per heavy atom. The van der Waals surface area contributed by atoms with Crippen LogP contribution in [0.5, 0.6) is 0 Å². The molecule has 2 atom stereocenters. The van der Waals surface area contributed by atoms with Gasteiger partial charge in [0.25, 0.3) is 0 Å². The number of rotatable bonds is 6. The third kappa shape index (κ3) is 3.51. The van der Waals surface area contributed by atoms with Crippen LogP contribution in [-0.2, 0) is 4.79 Å². The highest BCUT2D eigenvalue weighted by molar-refractivity contribution is 6.17. The number of fused-ring (bicyclic) bond motifs is 1. The van der Waals surface area contributed by atoms with E-state index in [9.17, 15) is 10.0 Å². The van der Waals surface area contributed by atoms with Crippen molar-refractivity contribution in [3.8, 4) is 0 Å². The molecule has 2 unspecified atom stereocenters. The van der Waals surface area contributed by atoms with Gasteiger partial charge in [0.05, 0.1) is 5.71 Å². The molecule has 0 bridgehead atoms. The van der Waals surface area contributed by atoms with E-state index in [1.54, 1.807) is 0 Å². The first-order chi connectivity index (χ1) is 10.2. The number of amides is 1. The highest BCUT2D eigenvalue weighted by Crippen LogP contribution is 2.29. The summed E-state index contributed by atoms with van der Waals surface area (Å²) < 4.78 is 0. The molecule has 118 valence electrons. The molecule has 6 heteroatoms. The van der Waals surface area contributed by atoms with Gasteiger partial charge in [0.2, 0.25) is 5.91 Å².